The third-order valence-corrected chi connectivity index (χ3v) is 7.57. The minimum absolute atomic E-state index is 0.556. The zero-order valence-electron chi connectivity index (χ0n) is 19.1. The van der Waals surface area contributed by atoms with Gasteiger partial charge in [-0.2, -0.15) is 0 Å². The number of aromatic amines is 1. The highest BCUT2D eigenvalue weighted by molar-refractivity contribution is 7.19. The normalized spacial score (nSPS) is 17.9. The zero-order chi connectivity index (χ0) is 23.8. The Morgan fingerprint density at radius 2 is 1.94 bits per heavy atom. The quantitative estimate of drug-likeness (QED) is 0.432. The predicted octanol–water partition coefficient (Wildman–Crippen LogP) is 3.40. The summed E-state index contributed by atoms with van der Waals surface area (Å²) in [4.78, 5) is 34.8. The molecule has 0 saturated carbocycles. The molecule has 2 N–H and O–H groups in total. The summed E-state index contributed by atoms with van der Waals surface area (Å²) in [7, 11) is 0. The van der Waals surface area contributed by atoms with Gasteiger partial charge >= 0.3 is 6.16 Å². The number of fused-ring (bicyclic) bond motifs is 2. The number of H-pyrrole nitrogens is 1. The van der Waals surface area contributed by atoms with Crippen LogP contribution in [0.1, 0.15) is 4.88 Å². The van der Waals surface area contributed by atoms with Gasteiger partial charge < -0.3 is 24.6 Å². The molecule has 1 aromatic carbocycles. The Morgan fingerprint density at radius 1 is 1.11 bits per heavy atom. The fourth-order valence-electron chi connectivity index (χ4n) is 4.74. The second-order valence-electron chi connectivity index (χ2n) is 8.70. The zero-order valence-corrected chi connectivity index (χ0v) is 20.0. The molecule has 0 atom stereocenters. The van der Waals surface area contributed by atoms with Crippen LogP contribution in [0.4, 0.5) is 10.6 Å². The largest absolute Gasteiger partial charge is 0.525 e. The van der Waals surface area contributed by atoms with Crippen molar-refractivity contribution in [2.24, 2.45) is 0 Å². The lowest BCUT2D eigenvalue weighted by atomic mass is 10.1. The summed E-state index contributed by atoms with van der Waals surface area (Å²) in [6, 6.07) is 10.4. The number of morpholine rings is 1. The Hall–Kier alpha value is -3.25. The number of hydrogen-bond donors (Lipinski definition) is 2. The fourth-order valence-corrected chi connectivity index (χ4v) is 5.90. The van der Waals surface area contributed by atoms with E-state index < -0.39 is 6.16 Å². The molecule has 0 aliphatic carbocycles. The van der Waals surface area contributed by atoms with E-state index in [4.69, 9.17) is 24.6 Å². The lowest BCUT2D eigenvalue weighted by molar-refractivity contribution is -0.140. The number of thiophene rings is 1. The number of carboxylic acid groups (broad SMARTS) is 1. The molecule has 0 unspecified atom stereocenters. The van der Waals surface area contributed by atoms with E-state index in [2.05, 4.69) is 39.0 Å². The minimum Gasteiger partial charge on any atom is -0.448 e. The average Bonchev–Trinajstić information content (AvgIpc) is 3.51. The Bertz CT molecular complexity index is 1360. The molecule has 2 saturated heterocycles. The molecular weight excluding hydrogens is 468 g/mol. The summed E-state index contributed by atoms with van der Waals surface area (Å²) in [6.45, 7) is 6.37. The van der Waals surface area contributed by atoms with Crippen LogP contribution < -0.4 is 4.90 Å². The van der Waals surface area contributed by atoms with Crippen LogP contribution in [0, 0.1) is 0 Å². The number of hydroxylamine groups is 2. The average molecular weight is 495 g/mol. The highest BCUT2D eigenvalue weighted by atomic mass is 32.1. The summed E-state index contributed by atoms with van der Waals surface area (Å²) in [5.41, 5.74) is 3.04. The van der Waals surface area contributed by atoms with Crippen LogP contribution in [0.25, 0.3) is 32.5 Å². The minimum atomic E-state index is -1.26. The molecular formula is C24H26N6O4S. The molecule has 2 aliphatic rings. The second-order valence-corrected chi connectivity index (χ2v) is 9.84. The summed E-state index contributed by atoms with van der Waals surface area (Å²) in [5, 5.41) is 11.4. The number of piperazine rings is 1. The number of carbonyl (C=O) groups is 1. The number of nitrogens with one attached hydrogen (secondary N) is 1. The molecule has 0 bridgehead atoms. The Balaban J connectivity index is 1.33. The van der Waals surface area contributed by atoms with Gasteiger partial charge in [0, 0.05) is 73.4 Å². The number of benzene rings is 1. The molecule has 182 valence electrons. The number of anilines is 1. The van der Waals surface area contributed by atoms with Crippen LogP contribution in [-0.2, 0) is 16.1 Å². The Kier molecular flexibility index (Phi) is 5.98. The van der Waals surface area contributed by atoms with Gasteiger partial charge in [0.25, 0.3) is 0 Å². The third-order valence-electron chi connectivity index (χ3n) is 6.47. The van der Waals surface area contributed by atoms with Gasteiger partial charge in [0.05, 0.1) is 23.4 Å². The number of nitrogens with zero attached hydrogens (tertiary/aromatic N) is 5. The van der Waals surface area contributed by atoms with E-state index in [1.807, 2.05) is 12.3 Å². The number of rotatable bonds is 5. The molecule has 0 amide bonds. The van der Waals surface area contributed by atoms with Gasteiger partial charge in [-0.1, -0.05) is 12.1 Å². The molecule has 2 fully saturated rings. The van der Waals surface area contributed by atoms with E-state index in [9.17, 15) is 4.79 Å². The van der Waals surface area contributed by atoms with Crippen molar-refractivity contribution in [3.63, 3.8) is 0 Å². The topological polar surface area (TPSA) is 107 Å². The molecule has 6 rings (SSSR count). The monoisotopic (exact) mass is 494 g/mol. The third kappa shape index (κ3) is 4.55. The molecule has 35 heavy (non-hydrogen) atoms. The van der Waals surface area contributed by atoms with Gasteiger partial charge in [0.2, 0.25) is 0 Å². The summed E-state index contributed by atoms with van der Waals surface area (Å²) in [6.07, 6.45) is 0.683. The van der Waals surface area contributed by atoms with Gasteiger partial charge in [-0.25, -0.2) is 14.8 Å². The number of hydrogen-bond acceptors (Lipinski definition) is 9. The first-order chi connectivity index (χ1) is 17.1. The predicted molar refractivity (Wildman–Crippen MR) is 134 cm³/mol. The van der Waals surface area contributed by atoms with E-state index in [1.54, 1.807) is 11.3 Å². The molecule has 11 heteroatoms. The molecule has 5 heterocycles. The lowest BCUT2D eigenvalue weighted by Crippen LogP contribution is -2.46. The first kappa shape index (κ1) is 22.2. The van der Waals surface area contributed by atoms with Crippen molar-refractivity contribution in [1.82, 2.24) is 24.9 Å². The number of ether oxygens (including phenoxy) is 1. The number of aromatic nitrogens is 3. The van der Waals surface area contributed by atoms with Crippen LogP contribution in [0.2, 0.25) is 0 Å². The van der Waals surface area contributed by atoms with E-state index in [-0.39, 0.29) is 0 Å². The van der Waals surface area contributed by atoms with Crippen molar-refractivity contribution < 1.29 is 19.5 Å². The molecule has 4 aromatic rings. The van der Waals surface area contributed by atoms with E-state index in [0.29, 0.717) is 26.3 Å². The maximum Gasteiger partial charge on any atom is 0.525 e. The highest BCUT2D eigenvalue weighted by Crippen LogP contribution is 2.36. The molecule has 0 spiro atoms. The van der Waals surface area contributed by atoms with E-state index in [1.165, 1.54) is 9.94 Å². The van der Waals surface area contributed by atoms with Crippen molar-refractivity contribution in [2.75, 3.05) is 57.4 Å². The molecule has 10 nitrogen and oxygen atoms in total. The first-order valence-electron chi connectivity index (χ1n) is 11.7. The van der Waals surface area contributed by atoms with E-state index >= 15 is 0 Å². The first-order valence-corrected chi connectivity index (χ1v) is 12.5. The van der Waals surface area contributed by atoms with Gasteiger partial charge in [0.15, 0.2) is 11.6 Å². The van der Waals surface area contributed by atoms with Crippen LogP contribution in [0.5, 0.6) is 0 Å². The van der Waals surface area contributed by atoms with Gasteiger partial charge in [0.1, 0.15) is 0 Å². The summed E-state index contributed by atoms with van der Waals surface area (Å²) in [5.74, 6) is 1.70. The van der Waals surface area contributed by atoms with Crippen molar-refractivity contribution in [3.8, 4) is 11.4 Å². The smallest absolute Gasteiger partial charge is 0.448 e. The molecule has 2 aliphatic heterocycles. The van der Waals surface area contributed by atoms with Crippen LogP contribution in [-0.4, -0.2) is 88.7 Å². The lowest BCUT2D eigenvalue weighted by Gasteiger charge is -2.32. The van der Waals surface area contributed by atoms with Crippen molar-refractivity contribution in [2.45, 2.75) is 6.54 Å². The van der Waals surface area contributed by atoms with Crippen molar-refractivity contribution in [3.05, 3.63) is 41.4 Å². The Labute approximate surface area is 205 Å². The Morgan fingerprint density at radius 3 is 2.74 bits per heavy atom. The van der Waals surface area contributed by atoms with Crippen LogP contribution in [0.15, 0.2) is 36.5 Å². The second kappa shape index (κ2) is 9.42. The summed E-state index contributed by atoms with van der Waals surface area (Å²) >= 11 is 1.74. The van der Waals surface area contributed by atoms with Crippen LogP contribution in [0.3, 0.4) is 0 Å². The van der Waals surface area contributed by atoms with Gasteiger partial charge in [-0.15, -0.1) is 16.4 Å². The summed E-state index contributed by atoms with van der Waals surface area (Å²) < 4.78 is 6.69. The highest BCUT2D eigenvalue weighted by Gasteiger charge is 2.23. The fraction of sp³-hybridized carbons (Fsp3) is 0.375. The standard InChI is InChI=1S/C24H26N6O4S/c31-24(32)34-30-8-6-28(7-9-30)15-16-14-20-21(35-16)23(29-10-12-33-13-11-29)27-22(26-20)18-2-1-3-19-17(18)4-5-25-19/h1-5,14,25H,6-13,15H2,(H,31,32). The van der Waals surface area contributed by atoms with Crippen molar-refractivity contribution >= 4 is 44.4 Å². The molecule has 0 radical (unpaired) electrons. The SMILES string of the molecule is O=C(O)ON1CCN(Cc2cc3nc(-c4cccc5[nH]ccc45)nc(N4CCOCC4)c3s2)CC1. The van der Waals surface area contributed by atoms with Gasteiger partial charge in [-0.3, -0.25) is 4.90 Å². The maximum atomic E-state index is 10.8. The van der Waals surface area contributed by atoms with Gasteiger partial charge in [-0.05, 0) is 18.2 Å². The van der Waals surface area contributed by atoms with Crippen molar-refractivity contribution in [1.29, 1.82) is 0 Å². The van der Waals surface area contributed by atoms with E-state index in [0.717, 1.165) is 71.0 Å². The molecule has 3 aromatic heterocycles. The van der Waals surface area contributed by atoms with Crippen LogP contribution >= 0.6 is 11.3 Å². The maximum absolute atomic E-state index is 10.8.